The van der Waals surface area contributed by atoms with E-state index in [-0.39, 0.29) is 22.9 Å². The number of aliphatic hydroxyl groups is 1. The van der Waals surface area contributed by atoms with Crippen LogP contribution in [0.3, 0.4) is 0 Å². The van der Waals surface area contributed by atoms with Crippen LogP contribution in [-0.4, -0.2) is 23.2 Å². The van der Waals surface area contributed by atoms with Gasteiger partial charge in [-0.15, -0.1) is 0 Å². The van der Waals surface area contributed by atoms with Gasteiger partial charge in [0, 0.05) is 9.26 Å². The lowest BCUT2D eigenvalue weighted by molar-refractivity contribution is -0.0956. The molecule has 2 aromatic rings. The zero-order chi connectivity index (χ0) is 19.5. The molecule has 0 aliphatic heterocycles. The molecular weight excluding hydrogens is 474 g/mol. The van der Waals surface area contributed by atoms with Gasteiger partial charge in [-0.25, -0.2) is 9.87 Å². The van der Waals surface area contributed by atoms with Crippen LogP contribution >= 0.6 is 34.2 Å². The van der Waals surface area contributed by atoms with Gasteiger partial charge in [-0.1, -0.05) is 11.6 Å². The predicted molar refractivity (Wildman–Crippen MR) is 108 cm³/mol. The number of hydrogen-bond donors (Lipinski definition) is 3. The first-order valence-corrected chi connectivity index (χ1v) is 9.20. The van der Waals surface area contributed by atoms with Gasteiger partial charge in [0.2, 0.25) is 0 Å². The van der Waals surface area contributed by atoms with Crippen molar-refractivity contribution in [2.75, 3.05) is 11.9 Å². The van der Waals surface area contributed by atoms with E-state index in [0.717, 1.165) is 20.9 Å². The Labute approximate surface area is 170 Å². The number of amides is 1. The van der Waals surface area contributed by atoms with Crippen molar-refractivity contribution in [3.8, 4) is 0 Å². The highest BCUT2D eigenvalue weighted by Crippen LogP contribution is 2.29. The molecule has 2 rings (SSSR count). The highest BCUT2D eigenvalue weighted by Gasteiger charge is 2.22. The number of aryl methyl sites for hydroxylation is 1. The molecule has 0 saturated heterocycles. The van der Waals surface area contributed by atoms with Gasteiger partial charge in [-0.3, -0.25) is 9.63 Å². The van der Waals surface area contributed by atoms with Gasteiger partial charge in [0.1, 0.15) is 11.4 Å². The van der Waals surface area contributed by atoms with E-state index in [4.69, 9.17) is 16.4 Å². The lowest BCUT2D eigenvalue weighted by atomic mass is 10.1. The fraction of sp³-hybridized carbons (Fsp3) is 0.278. The van der Waals surface area contributed by atoms with Gasteiger partial charge in [0.15, 0.2) is 0 Å². The van der Waals surface area contributed by atoms with Crippen molar-refractivity contribution in [1.29, 1.82) is 0 Å². The molecule has 0 fully saturated rings. The number of hydrogen-bond acceptors (Lipinski definition) is 4. The van der Waals surface area contributed by atoms with E-state index in [1.807, 2.05) is 25.1 Å². The summed E-state index contributed by atoms with van der Waals surface area (Å²) in [7, 11) is 0. The van der Waals surface area contributed by atoms with Crippen molar-refractivity contribution in [1.82, 2.24) is 5.48 Å². The Kier molecular flexibility index (Phi) is 6.84. The summed E-state index contributed by atoms with van der Waals surface area (Å²) in [5, 5.41) is 12.1. The molecule has 0 radical (unpaired) electrons. The minimum atomic E-state index is -0.959. The molecule has 26 heavy (non-hydrogen) atoms. The van der Waals surface area contributed by atoms with Crippen LogP contribution < -0.4 is 10.8 Å². The first-order chi connectivity index (χ1) is 12.1. The fourth-order valence-electron chi connectivity index (χ4n) is 2.02. The number of anilines is 2. The summed E-state index contributed by atoms with van der Waals surface area (Å²) in [5.41, 5.74) is 3.35. The van der Waals surface area contributed by atoms with Crippen LogP contribution in [0.25, 0.3) is 0 Å². The largest absolute Gasteiger partial charge is 0.393 e. The van der Waals surface area contributed by atoms with Crippen molar-refractivity contribution in [3.05, 3.63) is 55.9 Å². The van der Waals surface area contributed by atoms with Crippen LogP contribution in [0.1, 0.15) is 29.8 Å². The molecule has 0 spiro atoms. The van der Waals surface area contributed by atoms with Crippen LogP contribution in [-0.2, 0) is 4.84 Å². The van der Waals surface area contributed by atoms with E-state index in [0.29, 0.717) is 0 Å². The van der Waals surface area contributed by atoms with Crippen molar-refractivity contribution >= 4 is 51.5 Å². The smallest absolute Gasteiger partial charge is 0.277 e. The highest BCUT2D eigenvalue weighted by atomic mass is 127. The Bertz CT molecular complexity index is 830. The number of aliphatic hydroxyl groups excluding tert-OH is 1. The van der Waals surface area contributed by atoms with Crippen molar-refractivity contribution in [2.24, 2.45) is 0 Å². The summed E-state index contributed by atoms with van der Waals surface area (Å²) >= 11 is 8.03. The molecule has 0 atom stereocenters. The standard InChI is InChI=1S/C18H19ClFIN2O3/c1-10-6-11(21)4-5-15(10)22-16-8-14(20)13(19)7-12(16)17(25)23-26-18(2,3)9-24/h4-8,22,24H,9H2,1-3H3,(H,23,25). The second-order valence-corrected chi connectivity index (χ2v) is 8.00. The number of carbonyl (C=O) groups is 1. The summed E-state index contributed by atoms with van der Waals surface area (Å²) in [6, 6.07) is 8.09. The minimum absolute atomic E-state index is 0.114. The third kappa shape index (κ3) is 5.29. The molecule has 5 nitrogen and oxygen atoms in total. The van der Waals surface area contributed by atoms with Crippen molar-refractivity contribution in [3.63, 3.8) is 0 Å². The third-order valence-corrected chi connectivity index (χ3v) is 4.52. The third-order valence-electron chi connectivity index (χ3n) is 3.56. The molecule has 3 N–H and O–H groups in total. The van der Waals surface area contributed by atoms with Gasteiger partial charge in [0.05, 0.1) is 22.9 Å². The molecule has 0 aliphatic carbocycles. The second-order valence-electron chi connectivity index (χ2n) is 6.35. The van der Waals surface area contributed by atoms with E-state index in [1.165, 1.54) is 6.07 Å². The van der Waals surface area contributed by atoms with E-state index in [1.54, 1.807) is 13.8 Å². The van der Waals surface area contributed by atoms with Gasteiger partial charge in [0.25, 0.3) is 5.91 Å². The predicted octanol–water partition coefficient (Wildman–Crippen LogP) is 4.57. The SMILES string of the molecule is Cc1cc(I)ccc1Nc1cc(F)c(Cl)cc1C(=O)NOC(C)(C)CO. The van der Waals surface area contributed by atoms with Gasteiger partial charge < -0.3 is 10.4 Å². The van der Waals surface area contributed by atoms with Crippen LogP contribution in [0, 0.1) is 16.3 Å². The van der Waals surface area contributed by atoms with Crippen LogP contribution in [0.5, 0.6) is 0 Å². The molecule has 2 aromatic carbocycles. The number of halogens is 3. The number of nitrogens with one attached hydrogen (secondary N) is 2. The molecule has 0 aliphatic rings. The molecule has 0 unspecified atom stereocenters. The van der Waals surface area contributed by atoms with E-state index in [2.05, 4.69) is 33.4 Å². The maximum atomic E-state index is 14.0. The zero-order valence-electron chi connectivity index (χ0n) is 14.5. The molecule has 140 valence electrons. The average Bonchev–Trinajstić information content (AvgIpc) is 2.58. The Morgan fingerprint density at radius 3 is 2.62 bits per heavy atom. The minimum Gasteiger partial charge on any atom is -0.393 e. The Morgan fingerprint density at radius 2 is 2.00 bits per heavy atom. The summed E-state index contributed by atoms with van der Waals surface area (Å²) in [5.74, 6) is -1.26. The van der Waals surface area contributed by atoms with E-state index in [9.17, 15) is 14.3 Å². The number of rotatable bonds is 6. The summed E-state index contributed by atoms with van der Waals surface area (Å²) in [6.45, 7) is 4.84. The maximum absolute atomic E-state index is 14.0. The molecular formula is C18H19ClFIN2O3. The highest BCUT2D eigenvalue weighted by molar-refractivity contribution is 14.1. The molecule has 0 bridgehead atoms. The molecule has 8 heteroatoms. The topological polar surface area (TPSA) is 70.6 Å². The Morgan fingerprint density at radius 1 is 1.31 bits per heavy atom. The molecule has 0 saturated carbocycles. The summed E-state index contributed by atoms with van der Waals surface area (Å²) in [4.78, 5) is 17.7. The van der Waals surface area contributed by atoms with E-state index < -0.39 is 17.3 Å². The van der Waals surface area contributed by atoms with Crippen molar-refractivity contribution < 1.29 is 19.1 Å². The normalized spacial score (nSPS) is 11.3. The second kappa shape index (κ2) is 8.51. The molecule has 0 heterocycles. The van der Waals surface area contributed by atoms with E-state index >= 15 is 0 Å². The van der Waals surface area contributed by atoms with Crippen LogP contribution in [0.2, 0.25) is 5.02 Å². The monoisotopic (exact) mass is 492 g/mol. The maximum Gasteiger partial charge on any atom is 0.277 e. The van der Waals surface area contributed by atoms with Gasteiger partial charge in [-0.05, 0) is 79.3 Å². The van der Waals surface area contributed by atoms with Crippen molar-refractivity contribution in [2.45, 2.75) is 26.4 Å². The summed E-state index contributed by atoms with van der Waals surface area (Å²) in [6.07, 6.45) is 0. The number of carbonyl (C=O) groups excluding carboxylic acids is 1. The average molecular weight is 493 g/mol. The quantitative estimate of drug-likeness (QED) is 0.408. The first-order valence-electron chi connectivity index (χ1n) is 7.74. The van der Waals surface area contributed by atoms with Crippen LogP contribution in [0.4, 0.5) is 15.8 Å². The lowest BCUT2D eigenvalue weighted by Gasteiger charge is -2.22. The number of hydroxylamine groups is 1. The molecule has 1 amide bonds. The Hall–Kier alpha value is -1.42. The van der Waals surface area contributed by atoms with Gasteiger partial charge in [-0.2, -0.15) is 0 Å². The lowest BCUT2D eigenvalue weighted by Crippen LogP contribution is -2.38. The van der Waals surface area contributed by atoms with Gasteiger partial charge >= 0.3 is 0 Å². The first kappa shape index (κ1) is 20.9. The fourth-order valence-corrected chi connectivity index (χ4v) is 2.83. The summed E-state index contributed by atoms with van der Waals surface area (Å²) < 4.78 is 15.0. The molecule has 0 aromatic heterocycles. The van der Waals surface area contributed by atoms with Crippen LogP contribution in [0.15, 0.2) is 30.3 Å². The zero-order valence-corrected chi connectivity index (χ0v) is 17.4. The Balaban J connectivity index is 2.33. The number of benzene rings is 2.